The van der Waals surface area contributed by atoms with Gasteiger partial charge in [-0.25, -0.2) is 9.59 Å². The highest BCUT2D eigenvalue weighted by Gasteiger charge is 2.15. The molecule has 1 fully saturated rings. The fraction of sp³-hybridized carbons (Fsp3) is 0.375. The summed E-state index contributed by atoms with van der Waals surface area (Å²) in [6, 6.07) is 12.5. The Balaban J connectivity index is 0.000000222. The minimum atomic E-state index is -1.11. The molecule has 6 heteroatoms. The average Bonchev–Trinajstić information content (AvgIpc) is 2.75. The number of para-hydroxylation sites is 1. The van der Waals surface area contributed by atoms with Crippen LogP contribution in [-0.4, -0.2) is 41.0 Å². The lowest BCUT2D eigenvalue weighted by atomic mass is 10.0. The van der Waals surface area contributed by atoms with Crippen molar-refractivity contribution in [2.75, 3.05) is 18.0 Å². The fourth-order valence-corrected chi connectivity index (χ4v) is 3.54. The maximum absolute atomic E-state index is 11.6. The molecule has 0 saturated carbocycles. The topological polar surface area (TPSA) is 94.9 Å². The van der Waals surface area contributed by atoms with E-state index in [4.69, 9.17) is 10.2 Å². The van der Waals surface area contributed by atoms with E-state index < -0.39 is 11.9 Å². The molecular weight excluding hydrogens is 382 g/mol. The van der Waals surface area contributed by atoms with Crippen LogP contribution >= 0.6 is 0 Å². The molecule has 2 aromatic rings. The summed E-state index contributed by atoms with van der Waals surface area (Å²) in [7, 11) is 0. The van der Waals surface area contributed by atoms with E-state index in [1.807, 2.05) is 13.0 Å². The molecule has 0 unspecified atom stereocenters. The third-order valence-electron chi connectivity index (χ3n) is 5.26. The molecule has 2 N–H and O–H groups in total. The summed E-state index contributed by atoms with van der Waals surface area (Å²) in [6.45, 7) is 5.69. The van der Waals surface area contributed by atoms with Gasteiger partial charge in [0, 0.05) is 31.6 Å². The van der Waals surface area contributed by atoms with Crippen LogP contribution in [0.1, 0.15) is 64.4 Å². The van der Waals surface area contributed by atoms with Crippen LogP contribution in [0.5, 0.6) is 0 Å². The molecule has 0 spiro atoms. The number of carboxylic acids is 2. The highest BCUT2D eigenvalue weighted by atomic mass is 16.4. The summed E-state index contributed by atoms with van der Waals surface area (Å²) in [5, 5.41) is 17.4. The molecule has 3 rings (SSSR count). The normalized spacial score (nSPS) is 13.2. The Morgan fingerprint density at radius 3 is 1.97 bits per heavy atom. The number of hydrogen-bond acceptors (Lipinski definition) is 4. The first-order valence-corrected chi connectivity index (χ1v) is 10.3. The Labute approximate surface area is 177 Å². The van der Waals surface area contributed by atoms with Crippen LogP contribution in [0.25, 0.3) is 0 Å². The van der Waals surface area contributed by atoms with Crippen LogP contribution in [0.3, 0.4) is 0 Å². The maximum atomic E-state index is 11.6. The number of Topliss-reactive ketones (excluding diaryl/α,β-unsaturated/α-hetero) is 1. The zero-order chi connectivity index (χ0) is 22.1. The van der Waals surface area contributed by atoms with Gasteiger partial charge in [-0.15, -0.1) is 0 Å². The van der Waals surface area contributed by atoms with Crippen LogP contribution < -0.4 is 4.90 Å². The zero-order valence-corrected chi connectivity index (χ0v) is 17.6. The Bertz CT molecular complexity index is 868. The van der Waals surface area contributed by atoms with Gasteiger partial charge in [-0.1, -0.05) is 31.2 Å². The first kappa shape index (κ1) is 23.1. The van der Waals surface area contributed by atoms with E-state index in [9.17, 15) is 14.4 Å². The third kappa shape index (κ3) is 6.17. The van der Waals surface area contributed by atoms with Gasteiger partial charge >= 0.3 is 11.9 Å². The van der Waals surface area contributed by atoms with Gasteiger partial charge in [-0.2, -0.15) is 0 Å². The van der Waals surface area contributed by atoms with E-state index in [-0.39, 0.29) is 16.7 Å². The minimum Gasteiger partial charge on any atom is -0.478 e. The van der Waals surface area contributed by atoms with Gasteiger partial charge in [-0.05, 0) is 55.5 Å². The van der Waals surface area contributed by atoms with Crippen LogP contribution in [0, 0.1) is 6.92 Å². The molecule has 2 aromatic carbocycles. The van der Waals surface area contributed by atoms with Gasteiger partial charge in [0.25, 0.3) is 0 Å². The van der Waals surface area contributed by atoms with Crippen LogP contribution in [0.15, 0.2) is 42.5 Å². The van der Waals surface area contributed by atoms with Crippen molar-refractivity contribution in [1.82, 2.24) is 0 Å². The molecule has 0 aromatic heterocycles. The van der Waals surface area contributed by atoms with Crippen LogP contribution in [-0.2, 0) is 11.2 Å². The average molecular weight is 411 g/mol. The third-order valence-corrected chi connectivity index (χ3v) is 5.26. The molecule has 0 amide bonds. The number of anilines is 1. The SMILES string of the molecule is CCC(=O)Cc1ccccc1N1CCCCC1.Cc1c(C(=O)O)cccc1C(=O)O. The number of carbonyl (C=O) groups is 3. The van der Waals surface area contributed by atoms with E-state index in [0.29, 0.717) is 18.6 Å². The summed E-state index contributed by atoms with van der Waals surface area (Å²) in [5.41, 5.74) is 2.80. The number of nitrogens with zero attached hydrogens (tertiary/aromatic N) is 1. The van der Waals surface area contributed by atoms with Gasteiger partial charge in [0.05, 0.1) is 11.1 Å². The van der Waals surface area contributed by atoms with Gasteiger partial charge in [0.1, 0.15) is 5.78 Å². The van der Waals surface area contributed by atoms with Crippen LogP contribution in [0.2, 0.25) is 0 Å². The Morgan fingerprint density at radius 1 is 0.867 bits per heavy atom. The molecule has 30 heavy (non-hydrogen) atoms. The van der Waals surface area contributed by atoms with Crippen molar-refractivity contribution in [2.24, 2.45) is 0 Å². The monoisotopic (exact) mass is 411 g/mol. The molecule has 0 aliphatic carbocycles. The smallest absolute Gasteiger partial charge is 0.335 e. The van der Waals surface area contributed by atoms with E-state index in [1.54, 1.807) is 0 Å². The summed E-state index contributed by atoms with van der Waals surface area (Å²) >= 11 is 0. The van der Waals surface area contributed by atoms with Crippen molar-refractivity contribution < 1.29 is 24.6 Å². The molecule has 6 nitrogen and oxygen atoms in total. The van der Waals surface area contributed by atoms with Gasteiger partial charge in [-0.3, -0.25) is 4.79 Å². The van der Waals surface area contributed by atoms with Crippen LogP contribution in [0.4, 0.5) is 5.69 Å². The molecule has 1 aliphatic rings. The number of benzene rings is 2. The lowest BCUT2D eigenvalue weighted by Gasteiger charge is -2.30. The maximum Gasteiger partial charge on any atom is 0.335 e. The Morgan fingerprint density at radius 2 is 1.43 bits per heavy atom. The number of hydrogen-bond donors (Lipinski definition) is 2. The number of rotatable bonds is 6. The lowest BCUT2D eigenvalue weighted by molar-refractivity contribution is -0.118. The molecule has 0 atom stereocenters. The fourth-order valence-electron chi connectivity index (χ4n) is 3.54. The number of aromatic carboxylic acids is 2. The molecule has 1 heterocycles. The number of carboxylic acid groups (broad SMARTS) is 2. The summed E-state index contributed by atoms with van der Waals surface area (Å²) in [5.74, 6) is -1.89. The number of carbonyl (C=O) groups excluding carboxylic acids is 1. The summed E-state index contributed by atoms with van der Waals surface area (Å²) < 4.78 is 0. The predicted octanol–water partition coefficient (Wildman–Crippen LogP) is 4.59. The standard InChI is InChI=1S/C15H21NO.C9H8O4/c1-2-14(17)12-13-8-4-5-9-15(13)16-10-6-3-7-11-16;1-5-6(8(10)11)3-2-4-7(5)9(12)13/h4-5,8-9H,2-3,6-7,10-12H2,1H3;2-4H,1H3,(H,10,11)(H,12,13). The Hall–Kier alpha value is -3.15. The molecule has 1 aliphatic heterocycles. The largest absolute Gasteiger partial charge is 0.478 e. The second-order valence-corrected chi connectivity index (χ2v) is 7.33. The quantitative estimate of drug-likeness (QED) is 0.722. The van der Waals surface area contributed by atoms with E-state index in [0.717, 1.165) is 13.1 Å². The zero-order valence-electron chi connectivity index (χ0n) is 17.6. The van der Waals surface area contributed by atoms with Crippen molar-refractivity contribution in [2.45, 2.75) is 46.0 Å². The van der Waals surface area contributed by atoms with Gasteiger partial charge in [0.15, 0.2) is 0 Å². The molecule has 0 bridgehead atoms. The number of piperidine rings is 1. The van der Waals surface area contributed by atoms with E-state index >= 15 is 0 Å². The summed E-state index contributed by atoms with van der Waals surface area (Å²) in [6.07, 6.45) is 5.11. The highest BCUT2D eigenvalue weighted by molar-refractivity contribution is 5.96. The van der Waals surface area contributed by atoms with Crippen molar-refractivity contribution in [1.29, 1.82) is 0 Å². The molecular formula is C24H29NO5. The highest BCUT2D eigenvalue weighted by Crippen LogP contribution is 2.24. The van der Waals surface area contributed by atoms with Crippen molar-refractivity contribution in [3.8, 4) is 0 Å². The van der Waals surface area contributed by atoms with Crippen molar-refractivity contribution in [3.63, 3.8) is 0 Å². The first-order chi connectivity index (χ1) is 14.3. The molecule has 1 saturated heterocycles. The molecule has 160 valence electrons. The van der Waals surface area contributed by atoms with Crippen molar-refractivity contribution >= 4 is 23.4 Å². The second-order valence-electron chi connectivity index (χ2n) is 7.33. The summed E-state index contributed by atoms with van der Waals surface area (Å²) in [4.78, 5) is 35.2. The van der Waals surface area contributed by atoms with Gasteiger partial charge in [0.2, 0.25) is 0 Å². The minimum absolute atomic E-state index is 0.0277. The lowest BCUT2D eigenvalue weighted by Crippen LogP contribution is -2.30. The van der Waals surface area contributed by atoms with E-state index in [2.05, 4.69) is 23.1 Å². The second kappa shape index (κ2) is 11.1. The number of ketones is 1. The Kier molecular flexibility index (Phi) is 8.59. The molecule has 0 radical (unpaired) electrons. The van der Waals surface area contributed by atoms with Gasteiger partial charge < -0.3 is 15.1 Å². The first-order valence-electron chi connectivity index (χ1n) is 10.3. The predicted molar refractivity (Wildman–Crippen MR) is 117 cm³/mol. The van der Waals surface area contributed by atoms with Crippen molar-refractivity contribution in [3.05, 3.63) is 64.7 Å². The van der Waals surface area contributed by atoms with E-state index in [1.165, 1.54) is 55.6 Å².